The van der Waals surface area contributed by atoms with Crippen LogP contribution in [0.2, 0.25) is 0 Å². The SMILES string of the molecule is C=Nc1ccc(-c2csc([C@H](C)C(Cn3cncn3)(OCOC(=O)c3cccc(C)c3)c3ccc(F)cc3F)n2)cc1.C=Nc1ccc(-c2csc([C@H](C)C(Cn3cncn3)(OCOC(=O)c3cccc(O)c3)c3ccc(F)cc3F)n2)cc1. The molecule has 4 aromatic heterocycles. The van der Waals surface area contributed by atoms with Crippen molar-refractivity contribution in [2.24, 2.45) is 9.98 Å². The van der Waals surface area contributed by atoms with Crippen LogP contribution in [0.25, 0.3) is 22.5 Å². The first-order chi connectivity index (χ1) is 40.6. The number of nitrogens with zero attached hydrogens (tertiary/aromatic N) is 10. The third kappa shape index (κ3) is 13.7. The lowest BCUT2D eigenvalue weighted by Crippen LogP contribution is -2.42. The molecule has 0 bridgehead atoms. The van der Waals surface area contributed by atoms with E-state index < -0.39 is 71.8 Å². The molecule has 17 nitrogen and oxygen atoms in total. The normalized spacial score (nSPS) is 13.3. The van der Waals surface area contributed by atoms with E-state index >= 15 is 8.78 Å². The Balaban J connectivity index is 0.000000202. The number of thiazole rings is 2. The second kappa shape index (κ2) is 26.7. The summed E-state index contributed by atoms with van der Waals surface area (Å²) in [6.07, 6.45) is 5.57. The van der Waals surface area contributed by atoms with Crippen molar-refractivity contribution in [2.45, 2.75) is 56.9 Å². The molecule has 2 unspecified atom stereocenters. The van der Waals surface area contributed by atoms with Crippen LogP contribution in [-0.4, -0.2) is 83.6 Å². The van der Waals surface area contributed by atoms with E-state index in [1.54, 1.807) is 25.1 Å². The molecule has 0 saturated heterocycles. The van der Waals surface area contributed by atoms with Gasteiger partial charge >= 0.3 is 11.9 Å². The van der Waals surface area contributed by atoms with Gasteiger partial charge in [0.1, 0.15) is 65.5 Å². The maximum absolute atomic E-state index is 15.6. The summed E-state index contributed by atoms with van der Waals surface area (Å²) in [5.41, 5.74) is 2.82. The summed E-state index contributed by atoms with van der Waals surface area (Å²) in [5.74, 6) is -5.93. The summed E-state index contributed by atoms with van der Waals surface area (Å²) in [7, 11) is 0. The number of aromatic hydroxyl groups is 1. The number of halogens is 4. The molecule has 1 N–H and O–H groups in total. The third-order valence-corrected chi connectivity index (χ3v) is 15.8. The Kier molecular flexibility index (Phi) is 18.8. The highest BCUT2D eigenvalue weighted by molar-refractivity contribution is 7.10. The Labute approximate surface area is 487 Å². The highest BCUT2D eigenvalue weighted by atomic mass is 32.1. The topological polar surface area (TPSA) is 203 Å². The van der Waals surface area contributed by atoms with E-state index in [-0.39, 0.29) is 35.5 Å². The lowest BCUT2D eigenvalue weighted by atomic mass is 9.81. The smallest absolute Gasteiger partial charge is 0.340 e. The molecular weight excluding hydrogens is 1120 g/mol. The molecule has 0 spiro atoms. The molecule has 23 heteroatoms. The molecule has 0 amide bonds. The molecule has 4 heterocycles. The van der Waals surface area contributed by atoms with E-state index in [0.29, 0.717) is 27.0 Å². The summed E-state index contributed by atoms with van der Waals surface area (Å²) >= 11 is 2.71. The highest BCUT2D eigenvalue weighted by Crippen LogP contribution is 2.46. The molecule has 0 saturated carbocycles. The fourth-order valence-corrected chi connectivity index (χ4v) is 11.2. The highest BCUT2D eigenvalue weighted by Gasteiger charge is 2.47. The number of esters is 2. The van der Waals surface area contributed by atoms with Crippen LogP contribution in [0, 0.1) is 30.2 Å². The first kappa shape index (κ1) is 59.2. The lowest BCUT2D eigenvalue weighted by Gasteiger charge is -2.38. The monoisotopic (exact) mass is 1180 g/mol. The molecule has 0 aliphatic heterocycles. The van der Waals surface area contributed by atoms with Crippen molar-refractivity contribution < 1.29 is 51.2 Å². The fraction of sp³-hybridized carbons (Fsp3) is 0.180. The van der Waals surface area contributed by atoms with Crippen molar-refractivity contribution in [1.82, 2.24) is 39.5 Å². The van der Waals surface area contributed by atoms with Gasteiger partial charge in [0.15, 0.2) is 13.6 Å². The summed E-state index contributed by atoms with van der Waals surface area (Å²) in [4.78, 5) is 51.0. The minimum Gasteiger partial charge on any atom is -0.508 e. The number of hydrogen-bond donors (Lipinski definition) is 1. The van der Waals surface area contributed by atoms with Crippen LogP contribution in [0.3, 0.4) is 0 Å². The quantitative estimate of drug-likeness (QED) is 0.0291. The molecule has 0 fully saturated rings. The zero-order valence-corrected chi connectivity index (χ0v) is 46.9. The maximum Gasteiger partial charge on any atom is 0.340 e. The van der Waals surface area contributed by atoms with Gasteiger partial charge in [-0.3, -0.25) is 9.98 Å². The average molecular weight is 1180 g/mol. The lowest BCUT2D eigenvalue weighted by molar-refractivity contribution is -0.148. The fourth-order valence-electron chi connectivity index (χ4n) is 9.24. The van der Waals surface area contributed by atoms with Crippen LogP contribution >= 0.6 is 22.7 Å². The molecule has 0 radical (unpaired) electrons. The van der Waals surface area contributed by atoms with Gasteiger partial charge in [-0.2, -0.15) is 10.2 Å². The largest absolute Gasteiger partial charge is 0.508 e. The second-order valence-corrected chi connectivity index (χ2v) is 20.8. The molecule has 6 aromatic carbocycles. The van der Waals surface area contributed by atoms with Crippen molar-refractivity contribution in [1.29, 1.82) is 0 Å². The summed E-state index contributed by atoms with van der Waals surface area (Å²) in [6, 6.07) is 33.9. The number of phenols is 1. The summed E-state index contributed by atoms with van der Waals surface area (Å²) in [6.45, 7) is 11.3. The van der Waals surface area contributed by atoms with Gasteiger partial charge in [-0.1, -0.05) is 74.0 Å². The predicted molar refractivity (Wildman–Crippen MR) is 308 cm³/mol. The number of aromatic nitrogens is 8. The van der Waals surface area contributed by atoms with Gasteiger partial charge in [0.2, 0.25) is 0 Å². The molecule has 0 aliphatic rings. The Bertz CT molecular complexity index is 3640. The number of hydrogen-bond acceptors (Lipinski definition) is 17. The van der Waals surface area contributed by atoms with Gasteiger partial charge < -0.3 is 24.1 Å². The molecule has 10 aromatic rings. The van der Waals surface area contributed by atoms with Crippen LogP contribution in [-0.2, 0) is 43.2 Å². The van der Waals surface area contributed by atoms with Crippen molar-refractivity contribution in [3.05, 3.63) is 231 Å². The van der Waals surface area contributed by atoms with Gasteiger partial charge in [0.25, 0.3) is 0 Å². The van der Waals surface area contributed by atoms with Crippen molar-refractivity contribution >= 4 is 59.4 Å². The van der Waals surface area contributed by atoms with Crippen LogP contribution in [0.15, 0.2) is 180 Å². The van der Waals surface area contributed by atoms with Gasteiger partial charge in [0.05, 0.1) is 57.0 Å². The van der Waals surface area contributed by atoms with Crippen LogP contribution in [0.4, 0.5) is 28.9 Å². The van der Waals surface area contributed by atoms with Gasteiger partial charge in [-0.15, -0.1) is 22.7 Å². The van der Waals surface area contributed by atoms with E-state index in [1.807, 2.05) is 79.2 Å². The van der Waals surface area contributed by atoms with Crippen LogP contribution in [0.5, 0.6) is 5.75 Å². The first-order valence-electron chi connectivity index (χ1n) is 25.7. The molecule has 0 aliphatic carbocycles. The van der Waals surface area contributed by atoms with E-state index in [9.17, 15) is 23.5 Å². The second-order valence-electron chi connectivity index (χ2n) is 19.0. The summed E-state index contributed by atoms with van der Waals surface area (Å²) in [5, 5.41) is 23.1. The number of carbonyl (C=O) groups is 2. The Morgan fingerprint density at radius 3 is 1.44 bits per heavy atom. The maximum atomic E-state index is 15.6. The van der Waals surface area contributed by atoms with Gasteiger partial charge in [0, 0.05) is 57.0 Å². The van der Waals surface area contributed by atoms with E-state index in [2.05, 4.69) is 43.6 Å². The van der Waals surface area contributed by atoms with Crippen molar-refractivity contribution in [2.75, 3.05) is 13.6 Å². The molecule has 4 atom stereocenters. The Hall–Kier alpha value is -9.42. The van der Waals surface area contributed by atoms with Gasteiger partial charge in [-0.25, -0.2) is 56.5 Å². The standard InChI is InChI=1S/C31H27F2N5O3S.C30H25F2N5O4S/c1-20-5-4-6-23(13-20)30(39)40-19-41-31(16-38-18-35-17-36-38,26-12-9-24(32)14-27(26)33)21(2)29-37-28(15-42-29)22-7-10-25(34-3)11-8-22;1-19(28-36-27(14-42-28)20-6-9-23(33-2)10-7-20)30(15-37-17-34-16-35-37,25-11-8-22(31)13-26(25)32)41-18-40-29(39)21-4-3-5-24(38)12-21/h4-15,17-18,21H,3,16,19H2,1-2H3;3-14,16-17,19,38H,2,15,18H2,1H3/t21-,31?;19-,30?/m00/s1. The van der Waals surface area contributed by atoms with Crippen LogP contribution in [0.1, 0.15) is 73.1 Å². The molecule has 428 valence electrons. The minimum atomic E-state index is -1.59. The van der Waals surface area contributed by atoms with Crippen molar-refractivity contribution in [3.63, 3.8) is 0 Å². The number of aryl methyl sites for hydroxylation is 1. The first-order valence-corrected chi connectivity index (χ1v) is 27.4. The zero-order valence-electron chi connectivity index (χ0n) is 45.3. The molecule has 10 rings (SSSR count). The van der Waals surface area contributed by atoms with E-state index in [0.717, 1.165) is 52.3 Å². The number of ether oxygens (including phenoxy) is 4. The number of carbonyl (C=O) groups excluding carboxylic acids is 2. The van der Waals surface area contributed by atoms with Crippen LogP contribution < -0.4 is 0 Å². The van der Waals surface area contributed by atoms with E-state index in [1.165, 1.54) is 93.7 Å². The third-order valence-electron chi connectivity index (χ3n) is 13.7. The van der Waals surface area contributed by atoms with Crippen molar-refractivity contribution in [3.8, 4) is 28.3 Å². The average Bonchev–Trinajstić information content (AvgIpc) is 2.54. The number of phenolic OH excluding ortho intramolecular Hbond substituents is 1. The zero-order chi connectivity index (χ0) is 59.4. The number of aliphatic imine (C=N–C) groups is 2. The van der Waals surface area contributed by atoms with E-state index in [4.69, 9.17) is 28.9 Å². The molecular formula is C61H52F4N10O7S2. The Morgan fingerprint density at radius 2 is 1.05 bits per heavy atom. The Morgan fingerprint density at radius 1 is 0.607 bits per heavy atom. The van der Waals surface area contributed by atoms with Gasteiger partial charge in [-0.05, 0) is 87.1 Å². The minimum absolute atomic E-state index is 0.0125. The molecule has 84 heavy (non-hydrogen) atoms. The number of rotatable bonds is 22. The summed E-state index contributed by atoms with van der Waals surface area (Å²) < 4.78 is 85.7. The predicted octanol–water partition coefficient (Wildman–Crippen LogP) is 13.1. The number of benzene rings is 6.